The molecule has 0 bridgehead atoms. The van der Waals surface area contributed by atoms with Crippen LogP contribution in [0.15, 0.2) is 27.7 Å². The standard InChI is InChI=1S/C16H22BrFN4O.HI/c1-3-19-16(22-8-6-21(7-9-22)12(2)23)20-11-13-10-14(17)4-5-15(13)18;/h4-5,10H,3,6-9,11H2,1-2H3,(H,19,20);1H. The Morgan fingerprint density at radius 3 is 2.50 bits per heavy atom. The summed E-state index contributed by atoms with van der Waals surface area (Å²) in [5.74, 6) is 0.604. The van der Waals surface area contributed by atoms with E-state index in [9.17, 15) is 9.18 Å². The van der Waals surface area contributed by atoms with E-state index in [0.717, 1.165) is 30.1 Å². The molecule has 1 aliphatic rings. The molecule has 0 spiro atoms. The van der Waals surface area contributed by atoms with Crippen LogP contribution in [0.25, 0.3) is 0 Å². The molecule has 1 N–H and O–H groups in total. The molecule has 1 aliphatic heterocycles. The van der Waals surface area contributed by atoms with Gasteiger partial charge in [0.1, 0.15) is 5.82 Å². The van der Waals surface area contributed by atoms with Gasteiger partial charge in [-0.2, -0.15) is 0 Å². The maximum Gasteiger partial charge on any atom is 0.219 e. The highest BCUT2D eigenvalue weighted by molar-refractivity contribution is 14.0. The van der Waals surface area contributed by atoms with E-state index in [-0.39, 0.29) is 42.2 Å². The lowest BCUT2D eigenvalue weighted by molar-refractivity contribution is -0.130. The molecule has 0 saturated carbocycles. The number of aliphatic imine (C=N–C) groups is 1. The first-order chi connectivity index (χ1) is 11.0. The summed E-state index contributed by atoms with van der Waals surface area (Å²) in [6.45, 7) is 7.44. The maximum absolute atomic E-state index is 13.8. The average molecular weight is 513 g/mol. The molecule has 8 heteroatoms. The predicted octanol–water partition coefficient (Wildman–Crippen LogP) is 2.84. The monoisotopic (exact) mass is 512 g/mol. The lowest BCUT2D eigenvalue weighted by atomic mass is 10.2. The number of guanidine groups is 1. The Balaban J connectivity index is 0.00000288. The van der Waals surface area contributed by atoms with E-state index < -0.39 is 0 Å². The van der Waals surface area contributed by atoms with Crippen LogP contribution in [0, 0.1) is 5.82 Å². The minimum absolute atomic E-state index is 0. The van der Waals surface area contributed by atoms with Gasteiger partial charge in [0.05, 0.1) is 6.54 Å². The van der Waals surface area contributed by atoms with Crippen LogP contribution in [0.3, 0.4) is 0 Å². The summed E-state index contributed by atoms with van der Waals surface area (Å²) in [4.78, 5) is 19.9. The van der Waals surface area contributed by atoms with Crippen LogP contribution in [0.1, 0.15) is 19.4 Å². The molecule has 0 radical (unpaired) electrons. The highest BCUT2D eigenvalue weighted by Gasteiger charge is 2.20. The van der Waals surface area contributed by atoms with E-state index in [1.54, 1.807) is 19.1 Å². The second kappa shape index (κ2) is 10.2. The van der Waals surface area contributed by atoms with E-state index in [2.05, 4.69) is 31.1 Å². The van der Waals surface area contributed by atoms with Gasteiger partial charge in [-0.25, -0.2) is 9.38 Å². The first kappa shape index (κ1) is 21.1. The van der Waals surface area contributed by atoms with Gasteiger partial charge in [0.15, 0.2) is 5.96 Å². The lowest BCUT2D eigenvalue weighted by Gasteiger charge is -2.36. The summed E-state index contributed by atoms with van der Waals surface area (Å²) in [5.41, 5.74) is 0.553. The zero-order valence-electron chi connectivity index (χ0n) is 13.9. The van der Waals surface area contributed by atoms with Gasteiger partial charge in [-0.1, -0.05) is 15.9 Å². The van der Waals surface area contributed by atoms with Crippen molar-refractivity contribution in [3.8, 4) is 0 Å². The molecule has 24 heavy (non-hydrogen) atoms. The third-order valence-electron chi connectivity index (χ3n) is 3.77. The molecule has 1 fully saturated rings. The first-order valence-corrected chi connectivity index (χ1v) is 8.53. The molecule has 1 heterocycles. The van der Waals surface area contributed by atoms with Crippen LogP contribution in [0.4, 0.5) is 4.39 Å². The quantitative estimate of drug-likeness (QED) is 0.385. The second-order valence-corrected chi connectivity index (χ2v) is 6.31. The Labute approximate surface area is 167 Å². The smallest absolute Gasteiger partial charge is 0.219 e. The summed E-state index contributed by atoms with van der Waals surface area (Å²) < 4.78 is 14.7. The normalized spacial score (nSPS) is 15.1. The third-order valence-corrected chi connectivity index (χ3v) is 4.26. The van der Waals surface area contributed by atoms with Crippen molar-refractivity contribution in [1.29, 1.82) is 0 Å². The van der Waals surface area contributed by atoms with Crippen molar-refractivity contribution in [3.05, 3.63) is 34.1 Å². The average Bonchev–Trinajstić information content (AvgIpc) is 2.54. The van der Waals surface area contributed by atoms with Gasteiger partial charge in [-0.15, -0.1) is 24.0 Å². The number of amides is 1. The maximum atomic E-state index is 13.8. The minimum Gasteiger partial charge on any atom is -0.357 e. The Morgan fingerprint density at radius 2 is 1.92 bits per heavy atom. The predicted molar refractivity (Wildman–Crippen MR) is 108 cm³/mol. The van der Waals surface area contributed by atoms with Crippen molar-refractivity contribution >= 4 is 51.8 Å². The van der Waals surface area contributed by atoms with E-state index in [4.69, 9.17) is 0 Å². The topological polar surface area (TPSA) is 47.9 Å². The van der Waals surface area contributed by atoms with Gasteiger partial charge in [0.25, 0.3) is 0 Å². The fourth-order valence-electron chi connectivity index (χ4n) is 2.48. The lowest BCUT2D eigenvalue weighted by Crippen LogP contribution is -2.53. The van der Waals surface area contributed by atoms with Gasteiger partial charge < -0.3 is 15.1 Å². The number of nitrogens with one attached hydrogen (secondary N) is 1. The number of nitrogens with zero attached hydrogens (tertiary/aromatic N) is 3. The molecule has 2 rings (SSSR count). The number of rotatable bonds is 3. The zero-order valence-corrected chi connectivity index (χ0v) is 17.8. The molecule has 0 aromatic heterocycles. The summed E-state index contributed by atoms with van der Waals surface area (Å²) in [5, 5.41) is 3.24. The van der Waals surface area contributed by atoms with Gasteiger partial charge in [0.2, 0.25) is 5.91 Å². The molecule has 0 aliphatic carbocycles. The fourth-order valence-corrected chi connectivity index (χ4v) is 2.89. The van der Waals surface area contributed by atoms with Crippen molar-refractivity contribution in [1.82, 2.24) is 15.1 Å². The summed E-state index contributed by atoms with van der Waals surface area (Å²) in [6, 6.07) is 4.86. The number of carbonyl (C=O) groups excluding carboxylic acids is 1. The molecule has 0 atom stereocenters. The van der Waals surface area contributed by atoms with Crippen molar-refractivity contribution in [2.75, 3.05) is 32.7 Å². The fraction of sp³-hybridized carbons (Fsp3) is 0.500. The van der Waals surface area contributed by atoms with Crippen LogP contribution < -0.4 is 5.32 Å². The van der Waals surface area contributed by atoms with Gasteiger partial charge in [-0.3, -0.25) is 4.79 Å². The van der Waals surface area contributed by atoms with E-state index in [1.165, 1.54) is 6.07 Å². The molecule has 1 aromatic carbocycles. The molecular weight excluding hydrogens is 490 g/mol. The minimum atomic E-state index is -0.255. The van der Waals surface area contributed by atoms with Crippen molar-refractivity contribution in [2.45, 2.75) is 20.4 Å². The Bertz CT molecular complexity index is 591. The van der Waals surface area contributed by atoms with Crippen LogP contribution in [-0.4, -0.2) is 54.4 Å². The molecule has 1 amide bonds. The number of piperazine rings is 1. The molecule has 1 saturated heterocycles. The number of carbonyl (C=O) groups is 1. The summed E-state index contributed by atoms with van der Waals surface area (Å²) in [7, 11) is 0. The van der Waals surface area contributed by atoms with Crippen molar-refractivity contribution < 1.29 is 9.18 Å². The van der Waals surface area contributed by atoms with Crippen molar-refractivity contribution in [3.63, 3.8) is 0 Å². The van der Waals surface area contributed by atoms with Gasteiger partial charge in [-0.05, 0) is 25.1 Å². The Kier molecular flexibility index (Phi) is 8.96. The molecule has 134 valence electrons. The molecule has 0 unspecified atom stereocenters. The van der Waals surface area contributed by atoms with Gasteiger partial charge >= 0.3 is 0 Å². The van der Waals surface area contributed by atoms with E-state index >= 15 is 0 Å². The number of hydrogen-bond acceptors (Lipinski definition) is 2. The van der Waals surface area contributed by atoms with Crippen LogP contribution in [-0.2, 0) is 11.3 Å². The largest absolute Gasteiger partial charge is 0.357 e. The highest BCUT2D eigenvalue weighted by atomic mass is 127. The first-order valence-electron chi connectivity index (χ1n) is 7.74. The molecule has 1 aromatic rings. The second-order valence-electron chi connectivity index (χ2n) is 5.40. The SMILES string of the molecule is CCNC(=NCc1cc(Br)ccc1F)N1CCN(C(C)=O)CC1.I. The Hall–Kier alpha value is -0.900. The van der Waals surface area contributed by atoms with Crippen LogP contribution >= 0.6 is 39.9 Å². The highest BCUT2D eigenvalue weighted by Crippen LogP contribution is 2.16. The number of benzene rings is 1. The van der Waals surface area contributed by atoms with Gasteiger partial charge in [0, 0.05) is 49.7 Å². The number of hydrogen-bond donors (Lipinski definition) is 1. The molecule has 5 nitrogen and oxygen atoms in total. The zero-order chi connectivity index (χ0) is 16.8. The molecular formula is C16H23BrFIN4O. The van der Waals surface area contributed by atoms with E-state index in [1.807, 2.05) is 11.8 Å². The number of halogens is 3. The summed E-state index contributed by atoms with van der Waals surface area (Å²) >= 11 is 3.35. The summed E-state index contributed by atoms with van der Waals surface area (Å²) in [6.07, 6.45) is 0. The third kappa shape index (κ3) is 5.87. The van der Waals surface area contributed by atoms with E-state index in [0.29, 0.717) is 18.7 Å². The van der Waals surface area contributed by atoms with Crippen LogP contribution in [0.2, 0.25) is 0 Å². The van der Waals surface area contributed by atoms with Crippen molar-refractivity contribution in [2.24, 2.45) is 4.99 Å². The van der Waals surface area contributed by atoms with Crippen LogP contribution in [0.5, 0.6) is 0 Å². The Morgan fingerprint density at radius 1 is 1.29 bits per heavy atom.